The van der Waals surface area contributed by atoms with Crippen LogP contribution in [0.4, 0.5) is 0 Å². The zero-order chi connectivity index (χ0) is 15.5. The second-order valence-corrected chi connectivity index (χ2v) is 5.60. The molecule has 1 N–H and O–H groups in total. The summed E-state index contributed by atoms with van der Waals surface area (Å²) in [5, 5.41) is 3.00. The summed E-state index contributed by atoms with van der Waals surface area (Å²) >= 11 is 0. The number of hydrogen-bond donors (Lipinski definition) is 1. The van der Waals surface area contributed by atoms with Gasteiger partial charge in [-0.2, -0.15) is 0 Å². The van der Waals surface area contributed by atoms with Crippen molar-refractivity contribution < 1.29 is 4.79 Å². The predicted octanol–water partition coefficient (Wildman–Crippen LogP) is 3.61. The molecule has 118 valence electrons. The highest BCUT2D eigenvalue weighted by Gasteiger charge is 2.15. The quantitative estimate of drug-likeness (QED) is 0.464. The molecule has 0 atom stereocenters. The van der Waals surface area contributed by atoms with Crippen LogP contribution in [0.2, 0.25) is 0 Å². The molecule has 0 spiro atoms. The third-order valence-corrected chi connectivity index (χ3v) is 4.31. The maximum atomic E-state index is 12.0. The Labute approximate surface area is 125 Å². The summed E-state index contributed by atoms with van der Waals surface area (Å²) in [6.07, 6.45) is 5.34. The minimum Gasteiger partial charge on any atom is -0.352 e. The first kappa shape index (κ1) is 19.2. The Morgan fingerprint density at radius 3 is 2.10 bits per heavy atom. The van der Waals surface area contributed by atoms with E-state index >= 15 is 0 Å². The fourth-order valence-corrected chi connectivity index (χ4v) is 2.71. The third-order valence-electron chi connectivity index (χ3n) is 4.31. The topological polar surface area (TPSA) is 32.3 Å². The normalized spacial score (nSPS) is 11.4. The highest BCUT2D eigenvalue weighted by Crippen LogP contribution is 2.17. The van der Waals surface area contributed by atoms with E-state index in [1.54, 1.807) is 0 Å². The van der Waals surface area contributed by atoms with Crippen molar-refractivity contribution in [1.82, 2.24) is 10.2 Å². The van der Waals surface area contributed by atoms with Crippen molar-refractivity contribution in [3.8, 4) is 0 Å². The summed E-state index contributed by atoms with van der Waals surface area (Å²) in [5.41, 5.74) is 0.739. The van der Waals surface area contributed by atoms with E-state index in [2.05, 4.69) is 51.5 Å². The van der Waals surface area contributed by atoms with Gasteiger partial charge in [0.15, 0.2) is 0 Å². The fraction of sp³-hybridized carbons (Fsp3) is 0.824. The van der Waals surface area contributed by atoms with Gasteiger partial charge >= 0.3 is 0 Å². The standard InChI is InChI=1S/C17H34N2O/c1-7-15(8-2)14(5)17(20)18-12-11-13-19(6)16(9-3)10-4/h15-16H,5,7-13H2,1-4,6H3,(H,18,20). The average Bonchev–Trinajstić information content (AvgIpc) is 2.45. The van der Waals surface area contributed by atoms with E-state index in [1.807, 2.05) is 0 Å². The lowest BCUT2D eigenvalue weighted by molar-refractivity contribution is -0.118. The molecular weight excluding hydrogens is 248 g/mol. The van der Waals surface area contributed by atoms with Gasteiger partial charge in [0, 0.05) is 18.2 Å². The second-order valence-electron chi connectivity index (χ2n) is 5.60. The van der Waals surface area contributed by atoms with Crippen LogP contribution >= 0.6 is 0 Å². The Morgan fingerprint density at radius 1 is 1.10 bits per heavy atom. The average molecular weight is 282 g/mol. The molecule has 0 saturated heterocycles. The molecule has 0 saturated carbocycles. The third kappa shape index (κ3) is 6.56. The van der Waals surface area contributed by atoms with Gasteiger partial charge in [-0.3, -0.25) is 4.79 Å². The Bertz CT molecular complexity index is 281. The lowest BCUT2D eigenvalue weighted by Crippen LogP contribution is -2.34. The molecule has 0 aromatic heterocycles. The molecule has 20 heavy (non-hydrogen) atoms. The molecule has 0 heterocycles. The van der Waals surface area contributed by atoms with Crippen LogP contribution in [0.5, 0.6) is 0 Å². The maximum absolute atomic E-state index is 12.0. The first-order chi connectivity index (χ1) is 9.51. The molecule has 0 rings (SSSR count). The number of carbonyl (C=O) groups excluding carboxylic acids is 1. The summed E-state index contributed by atoms with van der Waals surface area (Å²) < 4.78 is 0. The number of rotatable bonds is 11. The van der Waals surface area contributed by atoms with Crippen molar-refractivity contribution in [1.29, 1.82) is 0 Å². The molecular formula is C17H34N2O. The molecule has 3 heteroatoms. The molecule has 0 fully saturated rings. The molecule has 3 nitrogen and oxygen atoms in total. The van der Waals surface area contributed by atoms with Crippen molar-refractivity contribution in [3.05, 3.63) is 12.2 Å². The van der Waals surface area contributed by atoms with Crippen LogP contribution in [0.15, 0.2) is 12.2 Å². The molecule has 0 radical (unpaired) electrons. The van der Waals surface area contributed by atoms with Crippen LogP contribution < -0.4 is 5.32 Å². The Hall–Kier alpha value is -0.830. The lowest BCUT2D eigenvalue weighted by atomic mass is 9.94. The molecule has 0 aliphatic rings. The number of nitrogens with zero attached hydrogens (tertiary/aromatic N) is 1. The summed E-state index contributed by atoms with van der Waals surface area (Å²) in [4.78, 5) is 14.4. The highest BCUT2D eigenvalue weighted by molar-refractivity contribution is 5.93. The van der Waals surface area contributed by atoms with Crippen LogP contribution in [-0.4, -0.2) is 37.0 Å². The molecule has 0 aliphatic carbocycles. The number of amides is 1. The largest absolute Gasteiger partial charge is 0.352 e. The zero-order valence-corrected chi connectivity index (χ0v) is 14.2. The van der Waals surface area contributed by atoms with Gasteiger partial charge in [-0.1, -0.05) is 34.3 Å². The molecule has 0 aliphatic heterocycles. The fourth-order valence-electron chi connectivity index (χ4n) is 2.71. The first-order valence-electron chi connectivity index (χ1n) is 8.18. The predicted molar refractivity (Wildman–Crippen MR) is 87.8 cm³/mol. The van der Waals surface area contributed by atoms with E-state index < -0.39 is 0 Å². The van der Waals surface area contributed by atoms with Gasteiger partial charge in [0.05, 0.1) is 0 Å². The zero-order valence-electron chi connectivity index (χ0n) is 14.2. The van der Waals surface area contributed by atoms with Crippen molar-refractivity contribution in [2.75, 3.05) is 20.1 Å². The van der Waals surface area contributed by atoms with Gasteiger partial charge in [-0.05, 0) is 51.6 Å². The molecule has 0 aromatic carbocycles. The van der Waals surface area contributed by atoms with Crippen LogP contribution in [-0.2, 0) is 4.79 Å². The van der Waals surface area contributed by atoms with Crippen LogP contribution in [0, 0.1) is 5.92 Å². The molecule has 0 unspecified atom stereocenters. The van der Waals surface area contributed by atoms with E-state index in [0.29, 0.717) is 12.0 Å². The second kappa shape index (κ2) is 10.9. The SMILES string of the molecule is C=C(C(=O)NCCCN(C)C(CC)CC)C(CC)CC. The highest BCUT2D eigenvalue weighted by atomic mass is 16.1. The molecule has 0 bridgehead atoms. The van der Waals surface area contributed by atoms with E-state index in [9.17, 15) is 4.79 Å². The smallest absolute Gasteiger partial charge is 0.246 e. The van der Waals surface area contributed by atoms with Crippen LogP contribution in [0.3, 0.4) is 0 Å². The number of hydrogen-bond acceptors (Lipinski definition) is 2. The Kier molecular flexibility index (Phi) is 10.4. The minimum atomic E-state index is 0.0314. The van der Waals surface area contributed by atoms with Crippen LogP contribution in [0.1, 0.15) is 59.8 Å². The molecule has 1 amide bonds. The van der Waals surface area contributed by atoms with Gasteiger partial charge in [0.1, 0.15) is 0 Å². The van der Waals surface area contributed by atoms with E-state index in [0.717, 1.165) is 37.9 Å². The summed E-state index contributed by atoms with van der Waals surface area (Å²) in [6.45, 7) is 14.4. The van der Waals surface area contributed by atoms with Gasteiger partial charge in [-0.15, -0.1) is 0 Å². The minimum absolute atomic E-state index is 0.0314. The van der Waals surface area contributed by atoms with Crippen molar-refractivity contribution in [3.63, 3.8) is 0 Å². The van der Waals surface area contributed by atoms with Gasteiger partial charge in [0.25, 0.3) is 0 Å². The van der Waals surface area contributed by atoms with Crippen molar-refractivity contribution in [2.24, 2.45) is 5.92 Å². The molecule has 0 aromatic rings. The monoisotopic (exact) mass is 282 g/mol. The van der Waals surface area contributed by atoms with Crippen molar-refractivity contribution in [2.45, 2.75) is 65.8 Å². The maximum Gasteiger partial charge on any atom is 0.246 e. The van der Waals surface area contributed by atoms with E-state index in [1.165, 1.54) is 12.8 Å². The van der Waals surface area contributed by atoms with E-state index in [4.69, 9.17) is 0 Å². The van der Waals surface area contributed by atoms with Crippen molar-refractivity contribution >= 4 is 5.91 Å². The number of nitrogens with one attached hydrogen (secondary N) is 1. The van der Waals surface area contributed by atoms with Gasteiger partial charge in [-0.25, -0.2) is 0 Å². The summed E-state index contributed by atoms with van der Waals surface area (Å²) in [7, 11) is 2.17. The Morgan fingerprint density at radius 2 is 1.65 bits per heavy atom. The first-order valence-corrected chi connectivity index (χ1v) is 8.18. The Balaban J connectivity index is 3.95. The van der Waals surface area contributed by atoms with E-state index in [-0.39, 0.29) is 5.91 Å². The summed E-state index contributed by atoms with van der Waals surface area (Å²) in [5.74, 6) is 0.353. The van der Waals surface area contributed by atoms with Crippen LogP contribution in [0.25, 0.3) is 0 Å². The summed E-state index contributed by atoms with van der Waals surface area (Å²) in [6, 6.07) is 0.658. The van der Waals surface area contributed by atoms with Gasteiger partial charge < -0.3 is 10.2 Å². The van der Waals surface area contributed by atoms with Gasteiger partial charge in [0.2, 0.25) is 5.91 Å². The lowest BCUT2D eigenvalue weighted by Gasteiger charge is -2.26. The number of carbonyl (C=O) groups is 1.